The maximum Gasteiger partial charge on any atom is 0.327 e. The van der Waals surface area contributed by atoms with E-state index in [1.165, 1.54) is 0 Å². The molecule has 0 aromatic heterocycles. The van der Waals surface area contributed by atoms with Gasteiger partial charge in [-0.05, 0) is 43.0 Å². The van der Waals surface area contributed by atoms with Gasteiger partial charge < -0.3 is 10.1 Å². The van der Waals surface area contributed by atoms with Gasteiger partial charge >= 0.3 is 5.97 Å². The normalized spacial score (nSPS) is 11.0. The first kappa shape index (κ1) is 22.4. The molecular weight excluding hydrogens is 392 g/mol. The number of benzene rings is 2. The number of carbonyl (C=O) groups is 2. The van der Waals surface area contributed by atoms with Crippen LogP contribution in [0.2, 0.25) is 0 Å². The fourth-order valence-corrected chi connectivity index (χ4v) is 3.81. The van der Waals surface area contributed by atoms with Crippen LogP contribution < -0.4 is 9.62 Å². The zero-order chi connectivity index (χ0) is 21.6. The van der Waals surface area contributed by atoms with E-state index in [-0.39, 0.29) is 0 Å². The second kappa shape index (κ2) is 9.56. The standard InChI is InChI=1S/C21H26N2O5S/c1-5-17-11-8-10-16(3)21(17)22-19(24)14-28-20(25)13-23(29(4,26)27)18-12-7-6-9-15(18)2/h6-12H,5,13-14H2,1-4H3,(H,22,24). The fraction of sp³-hybridized carbons (Fsp3) is 0.333. The molecule has 0 spiro atoms. The Morgan fingerprint density at radius 3 is 2.31 bits per heavy atom. The summed E-state index contributed by atoms with van der Waals surface area (Å²) in [6.45, 7) is 4.60. The molecule has 1 amide bonds. The van der Waals surface area contributed by atoms with Crippen molar-refractivity contribution >= 4 is 33.3 Å². The van der Waals surface area contributed by atoms with E-state index in [2.05, 4.69) is 5.32 Å². The Hall–Kier alpha value is -2.87. The third kappa shape index (κ3) is 6.05. The Labute approximate surface area is 171 Å². The summed E-state index contributed by atoms with van der Waals surface area (Å²) in [6.07, 6.45) is 1.76. The third-order valence-electron chi connectivity index (χ3n) is 4.43. The van der Waals surface area contributed by atoms with Crippen molar-refractivity contribution in [1.82, 2.24) is 0 Å². The number of amides is 1. The quantitative estimate of drug-likeness (QED) is 0.666. The van der Waals surface area contributed by atoms with Crippen LogP contribution in [-0.4, -0.2) is 39.7 Å². The van der Waals surface area contributed by atoms with Crippen molar-refractivity contribution in [2.45, 2.75) is 27.2 Å². The van der Waals surface area contributed by atoms with Gasteiger partial charge in [-0.25, -0.2) is 8.42 Å². The second-order valence-electron chi connectivity index (χ2n) is 6.73. The highest BCUT2D eigenvalue weighted by molar-refractivity contribution is 7.92. The summed E-state index contributed by atoms with van der Waals surface area (Å²) >= 11 is 0. The number of sulfonamides is 1. The van der Waals surface area contributed by atoms with E-state index < -0.39 is 35.1 Å². The molecule has 0 aliphatic carbocycles. The highest BCUT2D eigenvalue weighted by Crippen LogP contribution is 2.22. The Morgan fingerprint density at radius 2 is 1.69 bits per heavy atom. The largest absolute Gasteiger partial charge is 0.454 e. The second-order valence-corrected chi connectivity index (χ2v) is 8.63. The molecular formula is C21H26N2O5S. The highest BCUT2D eigenvalue weighted by Gasteiger charge is 2.23. The Kier molecular flexibility index (Phi) is 7.39. The van der Waals surface area contributed by atoms with Crippen molar-refractivity contribution in [3.63, 3.8) is 0 Å². The van der Waals surface area contributed by atoms with E-state index >= 15 is 0 Å². The van der Waals surface area contributed by atoms with Gasteiger partial charge in [-0.15, -0.1) is 0 Å². The van der Waals surface area contributed by atoms with Gasteiger partial charge in [0.05, 0.1) is 11.9 Å². The minimum Gasteiger partial charge on any atom is -0.454 e. The molecule has 2 aromatic rings. The first-order chi connectivity index (χ1) is 13.6. The number of ether oxygens (including phenoxy) is 1. The van der Waals surface area contributed by atoms with Crippen LogP contribution in [0.4, 0.5) is 11.4 Å². The van der Waals surface area contributed by atoms with Gasteiger partial charge in [-0.1, -0.05) is 43.3 Å². The molecule has 0 aliphatic rings. The van der Waals surface area contributed by atoms with Crippen molar-refractivity contribution in [2.24, 2.45) is 0 Å². The van der Waals surface area contributed by atoms with E-state index in [0.29, 0.717) is 16.9 Å². The van der Waals surface area contributed by atoms with Gasteiger partial charge in [0.2, 0.25) is 10.0 Å². The molecule has 0 bridgehead atoms. The van der Waals surface area contributed by atoms with Crippen molar-refractivity contribution in [3.05, 3.63) is 59.2 Å². The van der Waals surface area contributed by atoms with Crippen molar-refractivity contribution in [1.29, 1.82) is 0 Å². The predicted octanol–water partition coefficient (Wildman–Crippen LogP) is 2.81. The number of aryl methyl sites for hydroxylation is 3. The van der Waals surface area contributed by atoms with Crippen LogP contribution in [0.3, 0.4) is 0 Å². The van der Waals surface area contributed by atoms with Crippen molar-refractivity contribution < 1.29 is 22.7 Å². The molecule has 1 N–H and O–H groups in total. The molecule has 0 radical (unpaired) electrons. The summed E-state index contributed by atoms with van der Waals surface area (Å²) in [4.78, 5) is 24.4. The van der Waals surface area contributed by atoms with E-state index in [4.69, 9.17) is 4.74 Å². The molecule has 156 valence electrons. The van der Waals surface area contributed by atoms with Gasteiger partial charge in [0, 0.05) is 5.69 Å². The van der Waals surface area contributed by atoms with Crippen molar-refractivity contribution in [3.8, 4) is 0 Å². The smallest absolute Gasteiger partial charge is 0.327 e. The lowest BCUT2D eigenvalue weighted by Crippen LogP contribution is -2.37. The topological polar surface area (TPSA) is 92.8 Å². The number of carbonyl (C=O) groups excluding carboxylic acids is 2. The highest BCUT2D eigenvalue weighted by atomic mass is 32.2. The van der Waals surface area contributed by atoms with Crippen LogP contribution in [0, 0.1) is 13.8 Å². The van der Waals surface area contributed by atoms with Gasteiger partial charge in [-0.2, -0.15) is 0 Å². The molecule has 8 heteroatoms. The molecule has 0 atom stereocenters. The zero-order valence-corrected chi connectivity index (χ0v) is 17.9. The molecule has 0 saturated carbocycles. The summed E-state index contributed by atoms with van der Waals surface area (Å²) in [5, 5.41) is 2.76. The molecule has 29 heavy (non-hydrogen) atoms. The molecule has 0 heterocycles. The lowest BCUT2D eigenvalue weighted by Gasteiger charge is -2.23. The number of rotatable bonds is 8. The third-order valence-corrected chi connectivity index (χ3v) is 5.55. The van der Waals surface area contributed by atoms with Crippen LogP contribution in [0.15, 0.2) is 42.5 Å². The van der Waals surface area contributed by atoms with Gasteiger partial charge in [-0.3, -0.25) is 13.9 Å². The molecule has 0 unspecified atom stereocenters. The number of hydrogen-bond donors (Lipinski definition) is 1. The number of esters is 1. The summed E-state index contributed by atoms with van der Waals surface area (Å²) < 4.78 is 30.3. The SMILES string of the molecule is CCc1cccc(C)c1NC(=O)COC(=O)CN(c1ccccc1C)S(C)(=O)=O. The Bertz CT molecular complexity index is 1000. The monoisotopic (exact) mass is 418 g/mol. The van der Waals surface area contributed by atoms with Gasteiger partial charge in [0.15, 0.2) is 6.61 Å². The molecule has 7 nitrogen and oxygen atoms in total. The number of para-hydroxylation sites is 2. The van der Waals surface area contributed by atoms with E-state index in [1.807, 2.05) is 32.0 Å². The fourth-order valence-electron chi connectivity index (χ4n) is 2.91. The maximum atomic E-state index is 12.2. The first-order valence-electron chi connectivity index (χ1n) is 9.20. The molecule has 2 aromatic carbocycles. The molecule has 2 rings (SSSR count). The Balaban J connectivity index is 2.03. The minimum atomic E-state index is -3.71. The van der Waals surface area contributed by atoms with E-state index in [9.17, 15) is 18.0 Å². The van der Waals surface area contributed by atoms with Crippen molar-refractivity contribution in [2.75, 3.05) is 29.0 Å². The summed E-state index contributed by atoms with van der Waals surface area (Å²) in [6, 6.07) is 12.5. The van der Waals surface area contributed by atoms with Gasteiger partial charge in [0.25, 0.3) is 5.91 Å². The summed E-state index contributed by atoms with van der Waals surface area (Å²) in [7, 11) is -3.71. The van der Waals surface area contributed by atoms with Crippen LogP contribution in [-0.2, 0) is 30.8 Å². The van der Waals surface area contributed by atoms with Crippen LogP contribution in [0.5, 0.6) is 0 Å². The lowest BCUT2D eigenvalue weighted by atomic mass is 10.1. The van der Waals surface area contributed by atoms with Crippen LogP contribution in [0.25, 0.3) is 0 Å². The first-order valence-corrected chi connectivity index (χ1v) is 11.1. The summed E-state index contributed by atoms with van der Waals surface area (Å²) in [5.74, 6) is -1.29. The minimum absolute atomic E-state index is 0.392. The maximum absolute atomic E-state index is 12.2. The zero-order valence-electron chi connectivity index (χ0n) is 17.1. The van der Waals surface area contributed by atoms with E-state index in [1.54, 1.807) is 31.2 Å². The Morgan fingerprint density at radius 1 is 1.03 bits per heavy atom. The summed E-state index contributed by atoms with van der Waals surface area (Å²) in [5.41, 5.74) is 3.69. The average Bonchev–Trinajstić information content (AvgIpc) is 2.66. The number of anilines is 2. The van der Waals surface area contributed by atoms with Crippen LogP contribution in [0.1, 0.15) is 23.6 Å². The molecule has 0 aliphatic heterocycles. The number of nitrogens with one attached hydrogen (secondary N) is 1. The number of hydrogen-bond acceptors (Lipinski definition) is 5. The molecule has 0 saturated heterocycles. The van der Waals surface area contributed by atoms with E-state index in [0.717, 1.165) is 28.1 Å². The molecule has 0 fully saturated rings. The predicted molar refractivity (Wildman–Crippen MR) is 114 cm³/mol. The number of nitrogens with zero attached hydrogens (tertiary/aromatic N) is 1. The van der Waals surface area contributed by atoms with Gasteiger partial charge in [0.1, 0.15) is 6.54 Å². The lowest BCUT2D eigenvalue weighted by molar-refractivity contribution is -0.145. The average molecular weight is 419 g/mol. The van der Waals surface area contributed by atoms with Crippen LogP contribution >= 0.6 is 0 Å².